The lowest BCUT2D eigenvalue weighted by Gasteiger charge is -2.28. The van der Waals surface area contributed by atoms with Gasteiger partial charge in [-0.2, -0.15) is 4.98 Å². The van der Waals surface area contributed by atoms with E-state index in [0.29, 0.717) is 30.4 Å². The van der Waals surface area contributed by atoms with Crippen LogP contribution in [0.2, 0.25) is 0 Å². The molecular formula is C15H16N4O2. The zero-order chi connectivity index (χ0) is 14.7. The number of methoxy groups -OCH3 is 1. The first-order valence-corrected chi connectivity index (χ1v) is 6.81. The second-order valence-electron chi connectivity index (χ2n) is 4.72. The van der Waals surface area contributed by atoms with E-state index in [9.17, 15) is 4.79 Å². The molecule has 21 heavy (non-hydrogen) atoms. The van der Waals surface area contributed by atoms with Gasteiger partial charge in [0.05, 0.1) is 7.11 Å². The average molecular weight is 284 g/mol. The van der Waals surface area contributed by atoms with Gasteiger partial charge in [0.2, 0.25) is 11.8 Å². The monoisotopic (exact) mass is 284 g/mol. The van der Waals surface area contributed by atoms with Crippen LogP contribution in [0.25, 0.3) is 0 Å². The molecule has 1 N–H and O–H groups in total. The van der Waals surface area contributed by atoms with Crippen molar-refractivity contribution in [2.45, 2.75) is 12.8 Å². The van der Waals surface area contributed by atoms with E-state index < -0.39 is 0 Å². The minimum absolute atomic E-state index is 0.0444. The van der Waals surface area contributed by atoms with E-state index in [4.69, 9.17) is 4.74 Å². The molecule has 2 heterocycles. The quantitative estimate of drug-likeness (QED) is 0.917. The molecule has 0 unspecified atom stereocenters. The molecule has 3 rings (SSSR count). The summed E-state index contributed by atoms with van der Waals surface area (Å²) >= 11 is 0. The lowest BCUT2D eigenvalue weighted by molar-refractivity contribution is -0.116. The van der Waals surface area contributed by atoms with E-state index in [0.717, 1.165) is 12.1 Å². The molecule has 1 aromatic carbocycles. The number of hydrogen-bond acceptors (Lipinski definition) is 5. The van der Waals surface area contributed by atoms with Crippen LogP contribution in [-0.4, -0.2) is 29.5 Å². The van der Waals surface area contributed by atoms with Gasteiger partial charge in [-0.25, -0.2) is 4.98 Å². The van der Waals surface area contributed by atoms with Crippen LogP contribution < -0.4 is 15.0 Å². The summed E-state index contributed by atoms with van der Waals surface area (Å²) in [6.07, 6.45) is 2.66. The number of nitrogens with one attached hydrogen (secondary N) is 1. The molecule has 0 saturated carbocycles. The Morgan fingerprint density at radius 1 is 1.24 bits per heavy atom. The van der Waals surface area contributed by atoms with E-state index in [1.165, 1.54) is 13.4 Å². The predicted molar refractivity (Wildman–Crippen MR) is 79.9 cm³/mol. The maximum atomic E-state index is 11.9. The summed E-state index contributed by atoms with van der Waals surface area (Å²) in [6.45, 7) is 0.713. The molecule has 0 radical (unpaired) electrons. The molecule has 0 spiro atoms. The first kappa shape index (κ1) is 13.4. The third-order valence-electron chi connectivity index (χ3n) is 3.36. The highest BCUT2D eigenvalue weighted by atomic mass is 16.5. The Hall–Kier alpha value is -2.63. The van der Waals surface area contributed by atoms with Crippen molar-refractivity contribution in [3.63, 3.8) is 0 Å². The molecule has 6 heteroatoms. The van der Waals surface area contributed by atoms with Gasteiger partial charge in [0.1, 0.15) is 12.0 Å². The van der Waals surface area contributed by atoms with Crippen molar-refractivity contribution in [3.05, 3.63) is 36.7 Å². The summed E-state index contributed by atoms with van der Waals surface area (Å²) in [6, 6.07) is 9.95. The van der Waals surface area contributed by atoms with Gasteiger partial charge in [0, 0.05) is 18.7 Å². The van der Waals surface area contributed by atoms with E-state index in [1.807, 2.05) is 30.3 Å². The number of fused-ring (bicyclic) bond motifs is 1. The van der Waals surface area contributed by atoms with Crippen molar-refractivity contribution in [2.75, 3.05) is 23.9 Å². The molecule has 0 fully saturated rings. The Labute approximate surface area is 122 Å². The Morgan fingerprint density at radius 2 is 2.05 bits per heavy atom. The molecule has 0 saturated heterocycles. The van der Waals surface area contributed by atoms with Crippen LogP contribution in [0.4, 0.5) is 17.2 Å². The number of benzene rings is 1. The number of rotatable bonds is 2. The van der Waals surface area contributed by atoms with Crippen LogP contribution in [0.3, 0.4) is 0 Å². The second kappa shape index (κ2) is 5.78. The Kier molecular flexibility index (Phi) is 3.68. The smallest absolute Gasteiger partial charge is 0.242 e. The largest absolute Gasteiger partial charge is 0.479 e. The van der Waals surface area contributed by atoms with Gasteiger partial charge in [-0.05, 0) is 18.6 Å². The Balaban J connectivity index is 2.12. The van der Waals surface area contributed by atoms with Crippen molar-refractivity contribution >= 4 is 23.1 Å². The SMILES string of the molecule is COc1ncnc2c1NC(=O)CCCN2c1ccccc1. The molecule has 2 aromatic rings. The van der Waals surface area contributed by atoms with Crippen molar-refractivity contribution < 1.29 is 9.53 Å². The fraction of sp³-hybridized carbons (Fsp3) is 0.267. The fourth-order valence-electron chi connectivity index (χ4n) is 2.39. The van der Waals surface area contributed by atoms with Crippen LogP contribution in [-0.2, 0) is 4.79 Å². The maximum absolute atomic E-state index is 11.9. The minimum Gasteiger partial charge on any atom is -0.479 e. The van der Waals surface area contributed by atoms with Crippen molar-refractivity contribution in [1.82, 2.24) is 9.97 Å². The van der Waals surface area contributed by atoms with Crippen LogP contribution in [0.5, 0.6) is 5.88 Å². The number of carbonyl (C=O) groups is 1. The third kappa shape index (κ3) is 2.65. The summed E-state index contributed by atoms with van der Waals surface area (Å²) < 4.78 is 5.25. The first-order valence-electron chi connectivity index (χ1n) is 6.81. The fourth-order valence-corrected chi connectivity index (χ4v) is 2.39. The van der Waals surface area contributed by atoms with Crippen LogP contribution >= 0.6 is 0 Å². The van der Waals surface area contributed by atoms with Gasteiger partial charge >= 0.3 is 0 Å². The van der Waals surface area contributed by atoms with E-state index in [-0.39, 0.29) is 5.91 Å². The molecule has 0 aliphatic carbocycles. The van der Waals surface area contributed by atoms with Gasteiger partial charge < -0.3 is 15.0 Å². The summed E-state index contributed by atoms with van der Waals surface area (Å²) in [7, 11) is 1.53. The topological polar surface area (TPSA) is 67.4 Å². The zero-order valence-corrected chi connectivity index (χ0v) is 11.7. The molecule has 0 atom stereocenters. The van der Waals surface area contributed by atoms with Gasteiger partial charge in [0.25, 0.3) is 0 Å². The Bertz CT molecular complexity index is 645. The average Bonchev–Trinajstić information content (AvgIpc) is 2.51. The summed E-state index contributed by atoms with van der Waals surface area (Å²) in [4.78, 5) is 22.4. The molecule has 0 bridgehead atoms. The van der Waals surface area contributed by atoms with E-state index >= 15 is 0 Å². The zero-order valence-electron chi connectivity index (χ0n) is 11.7. The highest BCUT2D eigenvalue weighted by Gasteiger charge is 2.23. The second-order valence-corrected chi connectivity index (χ2v) is 4.72. The molecule has 6 nitrogen and oxygen atoms in total. The summed E-state index contributed by atoms with van der Waals surface area (Å²) in [5, 5.41) is 2.85. The maximum Gasteiger partial charge on any atom is 0.242 e. The van der Waals surface area contributed by atoms with Crippen molar-refractivity contribution in [3.8, 4) is 5.88 Å². The third-order valence-corrected chi connectivity index (χ3v) is 3.36. The van der Waals surface area contributed by atoms with E-state index in [1.54, 1.807) is 0 Å². The molecular weight excluding hydrogens is 268 g/mol. The van der Waals surface area contributed by atoms with Gasteiger partial charge in [-0.1, -0.05) is 18.2 Å². The highest BCUT2D eigenvalue weighted by Crippen LogP contribution is 2.36. The number of amides is 1. The molecule has 108 valence electrons. The number of nitrogens with zero attached hydrogens (tertiary/aromatic N) is 3. The number of ether oxygens (including phenoxy) is 1. The minimum atomic E-state index is -0.0444. The first-order chi connectivity index (χ1) is 10.3. The molecule has 1 aromatic heterocycles. The van der Waals surface area contributed by atoms with Crippen molar-refractivity contribution in [1.29, 1.82) is 0 Å². The lowest BCUT2D eigenvalue weighted by atomic mass is 10.2. The van der Waals surface area contributed by atoms with Gasteiger partial charge in [-0.3, -0.25) is 4.79 Å². The normalized spacial score (nSPS) is 14.7. The number of aromatic nitrogens is 2. The number of carbonyl (C=O) groups excluding carboxylic acids is 1. The number of para-hydroxylation sites is 1. The lowest BCUT2D eigenvalue weighted by Crippen LogP contribution is -2.27. The molecule has 1 aliphatic rings. The highest BCUT2D eigenvalue weighted by molar-refractivity contribution is 5.96. The van der Waals surface area contributed by atoms with Crippen molar-refractivity contribution in [2.24, 2.45) is 0 Å². The molecule has 1 amide bonds. The summed E-state index contributed by atoms with van der Waals surface area (Å²) in [5.41, 5.74) is 1.55. The standard InChI is InChI=1S/C15H16N4O2/c1-21-15-13-14(16-10-17-15)19(9-5-8-12(20)18-13)11-6-3-2-4-7-11/h2-4,6-7,10H,5,8-9H2,1H3,(H,18,20). The Morgan fingerprint density at radius 3 is 2.81 bits per heavy atom. The van der Waals surface area contributed by atoms with Crippen LogP contribution in [0.15, 0.2) is 36.7 Å². The number of hydrogen-bond donors (Lipinski definition) is 1. The van der Waals surface area contributed by atoms with Gasteiger partial charge in [-0.15, -0.1) is 0 Å². The summed E-state index contributed by atoms with van der Waals surface area (Å²) in [5.74, 6) is 0.981. The van der Waals surface area contributed by atoms with E-state index in [2.05, 4.69) is 20.2 Å². The van der Waals surface area contributed by atoms with Gasteiger partial charge in [0.15, 0.2) is 5.82 Å². The number of anilines is 3. The molecule has 1 aliphatic heterocycles. The van der Waals surface area contributed by atoms with Crippen LogP contribution in [0, 0.1) is 0 Å². The van der Waals surface area contributed by atoms with Crippen LogP contribution in [0.1, 0.15) is 12.8 Å². The predicted octanol–water partition coefficient (Wildman–Crippen LogP) is 2.36.